The lowest BCUT2D eigenvalue weighted by Crippen LogP contribution is -2.58. The molecule has 2 aliphatic heterocycles. The molecule has 4 rings (SSSR count). The van der Waals surface area contributed by atoms with Gasteiger partial charge in [0.2, 0.25) is 11.8 Å². The molecule has 1 unspecified atom stereocenters. The summed E-state index contributed by atoms with van der Waals surface area (Å²) < 4.78 is 5.50. The second-order valence-electron chi connectivity index (χ2n) is 9.49. The Kier molecular flexibility index (Phi) is 8.72. The standard InChI is InChI=1S/C25H39N5O3/c26-9-10-27-24(31)23-18-22(8-11-30(23)25(32)21-6-7-21)29(19-20-4-2-1-3-5-20)13-12-28-14-16-33-17-15-28/h1-5,21-23H,6-19,26H2,(H,27,31)/t22?,23-/m1/s1. The molecule has 8 nitrogen and oxygen atoms in total. The molecule has 8 heteroatoms. The van der Waals surface area contributed by atoms with Crippen LogP contribution >= 0.6 is 0 Å². The van der Waals surface area contributed by atoms with Crippen molar-refractivity contribution in [1.82, 2.24) is 20.0 Å². The highest BCUT2D eigenvalue weighted by molar-refractivity contribution is 5.89. The summed E-state index contributed by atoms with van der Waals surface area (Å²) in [4.78, 5) is 32.8. The number of morpholine rings is 1. The Morgan fingerprint density at radius 3 is 2.55 bits per heavy atom. The normalized spacial score (nSPS) is 24.1. The van der Waals surface area contributed by atoms with Gasteiger partial charge in [0.15, 0.2) is 0 Å². The summed E-state index contributed by atoms with van der Waals surface area (Å²) in [5.74, 6) is 0.212. The van der Waals surface area contributed by atoms with Crippen molar-refractivity contribution in [1.29, 1.82) is 0 Å². The minimum absolute atomic E-state index is 0.0630. The zero-order valence-corrected chi connectivity index (χ0v) is 19.7. The van der Waals surface area contributed by atoms with E-state index in [2.05, 4.69) is 39.4 Å². The van der Waals surface area contributed by atoms with Crippen LogP contribution in [0, 0.1) is 5.92 Å². The van der Waals surface area contributed by atoms with E-state index < -0.39 is 6.04 Å². The monoisotopic (exact) mass is 457 g/mol. The number of carbonyl (C=O) groups is 2. The first-order chi connectivity index (χ1) is 16.2. The number of amides is 2. The predicted molar refractivity (Wildman–Crippen MR) is 127 cm³/mol. The van der Waals surface area contributed by atoms with Crippen LogP contribution in [0.3, 0.4) is 0 Å². The first kappa shape index (κ1) is 24.1. The lowest BCUT2D eigenvalue weighted by Gasteiger charge is -2.43. The van der Waals surface area contributed by atoms with Crippen molar-refractivity contribution in [3.8, 4) is 0 Å². The number of hydrogen-bond acceptors (Lipinski definition) is 6. The van der Waals surface area contributed by atoms with Crippen molar-refractivity contribution in [3.63, 3.8) is 0 Å². The lowest BCUT2D eigenvalue weighted by atomic mass is 9.93. The Bertz CT molecular complexity index is 767. The van der Waals surface area contributed by atoms with Crippen molar-refractivity contribution in [2.45, 2.75) is 44.3 Å². The Balaban J connectivity index is 1.46. The highest BCUT2D eigenvalue weighted by Crippen LogP contribution is 2.34. The second kappa shape index (κ2) is 11.9. The third kappa shape index (κ3) is 6.76. The number of nitrogens with one attached hydrogen (secondary N) is 1. The molecule has 2 heterocycles. The molecule has 3 N–H and O–H groups in total. The van der Waals surface area contributed by atoms with Gasteiger partial charge in [0.05, 0.1) is 13.2 Å². The molecule has 2 amide bonds. The Morgan fingerprint density at radius 1 is 1.09 bits per heavy atom. The largest absolute Gasteiger partial charge is 0.379 e. The molecule has 1 aliphatic carbocycles. The van der Waals surface area contributed by atoms with Crippen LogP contribution in [0.4, 0.5) is 0 Å². The summed E-state index contributed by atoms with van der Waals surface area (Å²) >= 11 is 0. The van der Waals surface area contributed by atoms with Crippen molar-refractivity contribution in [2.24, 2.45) is 11.7 Å². The topological polar surface area (TPSA) is 91.1 Å². The van der Waals surface area contributed by atoms with Gasteiger partial charge in [-0.05, 0) is 31.2 Å². The van der Waals surface area contributed by atoms with Gasteiger partial charge >= 0.3 is 0 Å². The predicted octanol–water partition coefficient (Wildman–Crippen LogP) is 0.665. The van der Waals surface area contributed by atoms with Gasteiger partial charge in [-0.15, -0.1) is 0 Å². The summed E-state index contributed by atoms with van der Waals surface area (Å²) in [6.45, 7) is 7.79. The molecule has 3 aliphatic rings. The molecule has 2 atom stereocenters. The molecule has 0 aromatic heterocycles. The van der Waals surface area contributed by atoms with E-state index in [1.165, 1.54) is 5.56 Å². The van der Waals surface area contributed by atoms with E-state index in [4.69, 9.17) is 10.5 Å². The summed E-state index contributed by atoms with van der Waals surface area (Å²) in [5.41, 5.74) is 6.89. The fraction of sp³-hybridized carbons (Fsp3) is 0.680. The number of hydrogen-bond donors (Lipinski definition) is 2. The molecule has 1 saturated carbocycles. The van der Waals surface area contributed by atoms with Crippen molar-refractivity contribution in [2.75, 3.05) is 59.0 Å². The smallest absolute Gasteiger partial charge is 0.242 e. The van der Waals surface area contributed by atoms with E-state index in [0.717, 1.165) is 65.2 Å². The maximum Gasteiger partial charge on any atom is 0.242 e. The van der Waals surface area contributed by atoms with Gasteiger partial charge in [-0.3, -0.25) is 19.4 Å². The second-order valence-corrected chi connectivity index (χ2v) is 9.49. The fourth-order valence-corrected chi connectivity index (χ4v) is 4.97. The van der Waals surface area contributed by atoms with Gasteiger partial charge in [-0.1, -0.05) is 30.3 Å². The number of piperidine rings is 1. The third-order valence-corrected chi connectivity index (χ3v) is 7.08. The summed E-state index contributed by atoms with van der Waals surface area (Å²) in [7, 11) is 0. The molecule has 33 heavy (non-hydrogen) atoms. The first-order valence-electron chi connectivity index (χ1n) is 12.5. The zero-order chi connectivity index (χ0) is 23.0. The quantitative estimate of drug-likeness (QED) is 0.537. The first-order valence-corrected chi connectivity index (χ1v) is 12.5. The van der Waals surface area contributed by atoms with Crippen LogP contribution in [0.5, 0.6) is 0 Å². The van der Waals surface area contributed by atoms with Crippen LogP contribution < -0.4 is 11.1 Å². The van der Waals surface area contributed by atoms with Gasteiger partial charge in [0, 0.05) is 64.3 Å². The number of benzene rings is 1. The van der Waals surface area contributed by atoms with Crippen molar-refractivity contribution < 1.29 is 14.3 Å². The van der Waals surface area contributed by atoms with E-state index in [0.29, 0.717) is 26.1 Å². The minimum Gasteiger partial charge on any atom is -0.379 e. The molecular weight excluding hydrogens is 418 g/mol. The number of carbonyl (C=O) groups excluding carboxylic acids is 2. The molecular formula is C25H39N5O3. The molecule has 0 spiro atoms. The number of likely N-dealkylation sites (tertiary alicyclic amines) is 1. The van der Waals surface area contributed by atoms with Crippen LogP contribution in [0.1, 0.15) is 31.2 Å². The molecule has 1 aromatic rings. The van der Waals surface area contributed by atoms with Gasteiger partial charge in [0.25, 0.3) is 0 Å². The molecule has 2 saturated heterocycles. The SMILES string of the molecule is NCCNC(=O)[C@H]1CC(N(CCN2CCOCC2)Cc2ccccc2)CCN1C(=O)C1CC1. The Morgan fingerprint density at radius 2 is 1.85 bits per heavy atom. The highest BCUT2D eigenvalue weighted by Gasteiger charge is 2.42. The summed E-state index contributed by atoms with van der Waals surface area (Å²) in [6.07, 6.45) is 3.48. The van der Waals surface area contributed by atoms with Gasteiger partial charge in [-0.2, -0.15) is 0 Å². The van der Waals surface area contributed by atoms with E-state index in [-0.39, 0.29) is 23.8 Å². The zero-order valence-electron chi connectivity index (χ0n) is 19.7. The highest BCUT2D eigenvalue weighted by atomic mass is 16.5. The fourth-order valence-electron chi connectivity index (χ4n) is 4.97. The Labute approximate surface area is 197 Å². The number of nitrogens with zero attached hydrogens (tertiary/aromatic N) is 3. The maximum absolute atomic E-state index is 13.0. The van der Waals surface area contributed by atoms with Crippen LogP contribution in [-0.2, 0) is 20.9 Å². The van der Waals surface area contributed by atoms with E-state index in [1.54, 1.807) is 0 Å². The molecule has 0 bridgehead atoms. The van der Waals surface area contributed by atoms with Crippen LogP contribution in [0.15, 0.2) is 30.3 Å². The van der Waals surface area contributed by atoms with E-state index in [1.807, 2.05) is 11.0 Å². The third-order valence-electron chi connectivity index (χ3n) is 7.08. The van der Waals surface area contributed by atoms with E-state index >= 15 is 0 Å². The lowest BCUT2D eigenvalue weighted by molar-refractivity contribution is -0.144. The van der Waals surface area contributed by atoms with Gasteiger partial charge in [-0.25, -0.2) is 0 Å². The number of ether oxygens (including phenoxy) is 1. The van der Waals surface area contributed by atoms with Crippen molar-refractivity contribution >= 4 is 11.8 Å². The Hall–Kier alpha value is -2.00. The molecule has 182 valence electrons. The average molecular weight is 458 g/mol. The van der Waals surface area contributed by atoms with Gasteiger partial charge < -0.3 is 20.7 Å². The maximum atomic E-state index is 13.0. The molecule has 1 aromatic carbocycles. The number of rotatable bonds is 10. The molecule has 3 fully saturated rings. The van der Waals surface area contributed by atoms with Crippen LogP contribution in [0.2, 0.25) is 0 Å². The van der Waals surface area contributed by atoms with Gasteiger partial charge in [0.1, 0.15) is 6.04 Å². The summed E-state index contributed by atoms with van der Waals surface area (Å²) in [5, 5.41) is 2.94. The molecule has 0 radical (unpaired) electrons. The van der Waals surface area contributed by atoms with Crippen LogP contribution in [0.25, 0.3) is 0 Å². The van der Waals surface area contributed by atoms with Crippen LogP contribution in [-0.4, -0.2) is 97.6 Å². The average Bonchev–Trinajstić information content (AvgIpc) is 3.71. The van der Waals surface area contributed by atoms with Crippen molar-refractivity contribution in [3.05, 3.63) is 35.9 Å². The summed E-state index contributed by atoms with van der Waals surface area (Å²) in [6, 6.07) is 10.4. The van der Waals surface area contributed by atoms with E-state index in [9.17, 15) is 9.59 Å². The number of nitrogens with two attached hydrogens (primary N) is 1. The minimum atomic E-state index is -0.412.